The Morgan fingerprint density at radius 3 is 2.59 bits per heavy atom. The van der Waals surface area contributed by atoms with Crippen molar-refractivity contribution >= 4 is 23.1 Å². The monoisotopic (exact) mass is 258 g/mol. The average Bonchev–Trinajstić information content (AvgIpc) is 2.30. The van der Waals surface area contributed by atoms with Crippen molar-refractivity contribution in [2.75, 3.05) is 0 Å². The number of hydrogen-bond donors (Lipinski definition) is 3. The van der Waals surface area contributed by atoms with Crippen LogP contribution in [0.3, 0.4) is 0 Å². The molecule has 1 amide bonds. The normalized spacial score (nSPS) is 28.2. The zero-order chi connectivity index (χ0) is 13.1. The van der Waals surface area contributed by atoms with Crippen LogP contribution < -0.4 is 11.1 Å². The van der Waals surface area contributed by atoms with Crippen molar-refractivity contribution in [3.05, 3.63) is 0 Å². The second kappa shape index (κ2) is 5.78. The summed E-state index contributed by atoms with van der Waals surface area (Å²) in [4.78, 5) is 12.4. The molecule has 3 unspecified atom stereocenters. The van der Waals surface area contributed by atoms with Gasteiger partial charge in [-0.3, -0.25) is 4.79 Å². The summed E-state index contributed by atoms with van der Waals surface area (Å²) in [6, 6.07) is -0.156. The van der Waals surface area contributed by atoms with Crippen LogP contribution >= 0.6 is 12.2 Å². The summed E-state index contributed by atoms with van der Waals surface area (Å²) in [5.74, 6) is -0.168. The van der Waals surface area contributed by atoms with Gasteiger partial charge in [0.25, 0.3) is 0 Å². The van der Waals surface area contributed by atoms with E-state index in [9.17, 15) is 9.90 Å². The molecule has 0 aromatic heterocycles. The van der Waals surface area contributed by atoms with E-state index in [1.807, 2.05) is 6.92 Å². The highest BCUT2D eigenvalue weighted by Gasteiger charge is 2.37. The predicted molar refractivity (Wildman–Crippen MR) is 71.6 cm³/mol. The van der Waals surface area contributed by atoms with Crippen molar-refractivity contribution < 1.29 is 9.90 Å². The summed E-state index contributed by atoms with van der Waals surface area (Å²) in [7, 11) is 0. The third-order valence-electron chi connectivity index (χ3n) is 3.80. The molecule has 0 radical (unpaired) electrons. The topological polar surface area (TPSA) is 75.3 Å². The van der Waals surface area contributed by atoms with Crippen molar-refractivity contribution in [2.45, 2.75) is 58.1 Å². The predicted octanol–water partition coefficient (Wildman–Crippen LogP) is 1.11. The van der Waals surface area contributed by atoms with Gasteiger partial charge in [-0.05, 0) is 26.2 Å². The molecule has 4 nitrogen and oxygen atoms in total. The van der Waals surface area contributed by atoms with E-state index in [1.54, 1.807) is 6.92 Å². The third-order valence-corrected chi connectivity index (χ3v) is 4.25. The van der Waals surface area contributed by atoms with Gasteiger partial charge in [0.2, 0.25) is 5.91 Å². The zero-order valence-electron chi connectivity index (χ0n) is 10.5. The molecule has 0 saturated heterocycles. The summed E-state index contributed by atoms with van der Waals surface area (Å²) in [5, 5.41) is 12.7. The molecule has 1 aliphatic rings. The smallest absolute Gasteiger partial charge is 0.233 e. The number of carbonyl (C=O) groups excluding carboxylic acids is 1. The van der Waals surface area contributed by atoms with Crippen LogP contribution in [0.2, 0.25) is 0 Å². The van der Waals surface area contributed by atoms with Crippen molar-refractivity contribution in [1.82, 2.24) is 5.32 Å². The summed E-state index contributed by atoms with van der Waals surface area (Å²) in [6.45, 7) is 3.63. The average molecular weight is 258 g/mol. The van der Waals surface area contributed by atoms with Crippen molar-refractivity contribution in [1.29, 1.82) is 0 Å². The second-order valence-electron chi connectivity index (χ2n) is 4.98. The first kappa shape index (κ1) is 14.4. The Hall–Kier alpha value is -0.680. The molecule has 0 aromatic rings. The Balaban J connectivity index is 2.67. The molecule has 17 heavy (non-hydrogen) atoms. The maximum absolute atomic E-state index is 12.2. The molecule has 98 valence electrons. The van der Waals surface area contributed by atoms with Crippen LogP contribution in [0.5, 0.6) is 0 Å². The van der Waals surface area contributed by atoms with E-state index >= 15 is 0 Å². The molecular weight excluding hydrogens is 236 g/mol. The van der Waals surface area contributed by atoms with E-state index in [1.165, 1.54) is 0 Å². The van der Waals surface area contributed by atoms with Crippen LogP contribution in [-0.2, 0) is 4.79 Å². The number of amides is 1. The zero-order valence-corrected chi connectivity index (χ0v) is 11.3. The Morgan fingerprint density at radius 1 is 1.53 bits per heavy atom. The lowest BCUT2D eigenvalue weighted by atomic mass is 9.85. The molecule has 4 N–H and O–H groups in total. The number of nitrogens with two attached hydrogens (primary N) is 1. The number of aliphatic hydroxyl groups is 1. The highest BCUT2D eigenvalue weighted by atomic mass is 32.1. The number of carbonyl (C=O) groups is 1. The molecule has 1 fully saturated rings. The lowest BCUT2D eigenvalue weighted by Crippen LogP contribution is -2.53. The van der Waals surface area contributed by atoms with E-state index in [2.05, 4.69) is 5.32 Å². The lowest BCUT2D eigenvalue weighted by molar-refractivity contribution is -0.129. The number of hydrogen-bond acceptors (Lipinski definition) is 3. The van der Waals surface area contributed by atoms with Crippen LogP contribution in [-0.4, -0.2) is 28.1 Å². The number of nitrogens with one attached hydrogen (secondary N) is 1. The van der Waals surface area contributed by atoms with E-state index in [0.717, 1.165) is 25.7 Å². The van der Waals surface area contributed by atoms with Gasteiger partial charge in [0.15, 0.2) is 0 Å². The molecule has 1 saturated carbocycles. The number of aliphatic hydroxyl groups excluding tert-OH is 1. The molecule has 0 aromatic carbocycles. The van der Waals surface area contributed by atoms with Gasteiger partial charge in [0, 0.05) is 0 Å². The molecule has 1 aliphatic carbocycles. The SMILES string of the molecule is CCC(C)(C(=O)NC1CCCCC1O)C(N)=S. The maximum Gasteiger partial charge on any atom is 0.233 e. The van der Waals surface area contributed by atoms with Gasteiger partial charge < -0.3 is 16.2 Å². The maximum atomic E-state index is 12.2. The Bertz CT molecular complexity index is 309. The van der Waals surface area contributed by atoms with Gasteiger partial charge in [-0.25, -0.2) is 0 Å². The Labute approximate surface area is 108 Å². The molecule has 3 atom stereocenters. The first-order valence-corrected chi connectivity index (χ1v) is 6.61. The van der Waals surface area contributed by atoms with Gasteiger partial charge >= 0.3 is 0 Å². The Morgan fingerprint density at radius 2 is 2.12 bits per heavy atom. The first-order valence-electron chi connectivity index (χ1n) is 6.20. The van der Waals surface area contributed by atoms with Crippen molar-refractivity contribution in [3.63, 3.8) is 0 Å². The van der Waals surface area contributed by atoms with E-state index in [-0.39, 0.29) is 16.9 Å². The fourth-order valence-electron chi connectivity index (χ4n) is 2.05. The third kappa shape index (κ3) is 3.16. The molecule has 0 bridgehead atoms. The molecule has 1 rings (SSSR count). The van der Waals surface area contributed by atoms with Crippen LogP contribution in [0.15, 0.2) is 0 Å². The minimum absolute atomic E-state index is 0.156. The van der Waals surface area contributed by atoms with Crippen molar-refractivity contribution in [2.24, 2.45) is 11.1 Å². The molecular formula is C12H22N2O2S. The fourth-order valence-corrected chi connectivity index (χ4v) is 2.29. The Kier molecular flexibility index (Phi) is 4.89. The van der Waals surface area contributed by atoms with Crippen LogP contribution in [0.1, 0.15) is 46.0 Å². The summed E-state index contributed by atoms with van der Waals surface area (Å²) in [5.41, 5.74) is 4.82. The fraction of sp³-hybridized carbons (Fsp3) is 0.833. The number of rotatable bonds is 4. The van der Waals surface area contributed by atoms with Crippen LogP contribution in [0, 0.1) is 5.41 Å². The highest BCUT2D eigenvalue weighted by molar-refractivity contribution is 7.80. The highest BCUT2D eigenvalue weighted by Crippen LogP contribution is 2.24. The molecule has 0 aliphatic heterocycles. The molecule has 0 heterocycles. The minimum atomic E-state index is -0.813. The molecule has 5 heteroatoms. The van der Waals surface area contributed by atoms with Gasteiger partial charge in [0.05, 0.1) is 22.5 Å². The quantitative estimate of drug-likeness (QED) is 0.660. The second-order valence-corrected chi connectivity index (χ2v) is 5.42. The van der Waals surface area contributed by atoms with E-state index < -0.39 is 11.5 Å². The number of thiocarbonyl (C=S) groups is 1. The van der Waals surface area contributed by atoms with Gasteiger partial charge in [0.1, 0.15) is 0 Å². The van der Waals surface area contributed by atoms with Crippen molar-refractivity contribution in [3.8, 4) is 0 Å². The first-order chi connectivity index (χ1) is 7.91. The van der Waals surface area contributed by atoms with E-state index in [4.69, 9.17) is 18.0 Å². The van der Waals surface area contributed by atoms with Crippen LogP contribution in [0.4, 0.5) is 0 Å². The van der Waals surface area contributed by atoms with Crippen LogP contribution in [0.25, 0.3) is 0 Å². The standard InChI is InChI=1S/C12H22N2O2S/c1-3-12(2,10(13)17)11(16)14-8-6-4-5-7-9(8)15/h8-9,15H,3-7H2,1-2H3,(H2,13,17)(H,14,16). The minimum Gasteiger partial charge on any atom is -0.392 e. The lowest BCUT2D eigenvalue weighted by Gasteiger charge is -2.33. The van der Waals surface area contributed by atoms with Gasteiger partial charge in [-0.15, -0.1) is 0 Å². The molecule has 0 spiro atoms. The van der Waals surface area contributed by atoms with Gasteiger partial charge in [-0.1, -0.05) is 32.0 Å². The summed E-state index contributed by atoms with van der Waals surface area (Å²) < 4.78 is 0. The van der Waals surface area contributed by atoms with Gasteiger partial charge in [-0.2, -0.15) is 0 Å². The van der Waals surface area contributed by atoms with E-state index in [0.29, 0.717) is 6.42 Å². The largest absolute Gasteiger partial charge is 0.392 e. The summed E-state index contributed by atoms with van der Waals surface area (Å²) in [6.07, 6.45) is 3.76. The summed E-state index contributed by atoms with van der Waals surface area (Å²) >= 11 is 4.96.